The minimum absolute atomic E-state index is 0.0595. The second-order valence-corrected chi connectivity index (χ2v) is 12.5. The van der Waals surface area contributed by atoms with E-state index in [2.05, 4.69) is 31.1 Å². The maximum Gasteiger partial charge on any atom is 0.255 e. The maximum absolute atomic E-state index is 13.4. The van der Waals surface area contributed by atoms with Crippen molar-refractivity contribution in [3.63, 3.8) is 0 Å². The van der Waals surface area contributed by atoms with E-state index >= 15 is 0 Å². The third-order valence-corrected chi connectivity index (χ3v) is 5.08. The average Bonchev–Trinajstić information content (AvgIpc) is 3.22. The number of hydrogen-bond donors (Lipinski definition) is 0. The zero-order chi connectivity index (χ0) is 20.0. The summed E-state index contributed by atoms with van der Waals surface area (Å²) in [6, 6.07) is 22.6. The average molecular weight is 388 g/mol. The van der Waals surface area contributed by atoms with E-state index in [0.29, 0.717) is 17.9 Å². The highest BCUT2D eigenvalue weighted by Gasteiger charge is 2.27. The number of amides is 1. The van der Waals surface area contributed by atoms with E-state index in [1.54, 1.807) is 11.2 Å². The third kappa shape index (κ3) is 5.25. The van der Waals surface area contributed by atoms with Gasteiger partial charge in [0, 0.05) is 12.1 Å². The minimum atomic E-state index is -1.63. The van der Waals surface area contributed by atoms with Crippen molar-refractivity contribution < 1.29 is 9.21 Å². The molecule has 1 unspecified atom stereocenters. The molecule has 0 aliphatic rings. The van der Waals surface area contributed by atoms with Gasteiger partial charge in [0.25, 0.3) is 5.91 Å². The summed E-state index contributed by atoms with van der Waals surface area (Å²) in [4.78, 5) is 15.2. The normalized spacial score (nSPS) is 12.0. The molecule has 4 heteroatoms. The van der Waals surface area contributed by atoms with Gasteiger partial charge in [0.15, 0.2) is 6.04 Å². The first-order valence-electron chi connectivity index (χ1n) is 9.40. The summed E-state index contributed by atoms with van der Waals surface area (Å²) in [6.45, 7) is 7.04. The SMILES string of the molecule is C[Si](C)(C)C#CC(c1ccco1)N(Cc1ccccc1)C(=O)c1ccccc1. The van der Waals surface area contributed by atoms with Crippen LogP contribution in [0.3, 0.4) is 0 Å². The highest BCUT2D eigenvalue weighted by molar-refractivity contribution is 6.83. The molecule has 0 aliphatic heterocycles. The van der Waals surface area contributed by atoms with Crippen molar-refractivity contribution in [1.29, 1.82) is 0 Å². The Labute approximate surface area is 168 Å². The zero-order valence-corrected chi connectivity index (χ0v) is 17.6. The number of nitrogens with zero attached hydrogens (tertiary/aromatic N) is 1. The van der Waals surface area contributed by atoms with Gasteiger partial charge in [-0.05, 0) is 29.8 Å². The molecule has 3 aromatic rings. The summed E-state index contributed by atoms with van der Waals surface area (Å²) in [5.74, 6) is 3.98. The summed E-state index contributed by atoms with van der Waals surface area (Å²) in [5, 5.41) is 0. The summed E-state index contributed by atoms with van der Waals surface area (Å²) >= 11 is 0. The molecule has 0 aliphatic carbocycles. The van der Waals surface area contributed by atoms with Crippen LogP contribution in [0.1, 0.15) is 27.7 Å². The molecule has 2 aromatic carbocycles. The summed E-state index contributed by atoms with van der Waals surface area (Å²) < 4.78 is 5.68. The molecule has 0 spiro atoms. The quantitative estimate of drug-likeness (QED) is 0.425. The van der Waals surface area contributed by atoms with Gasteiger partial charge < -0.3 is 9.32 Å². The lowest BCUT2D eigenvalue weighted by Crippen LogP contribution is -2.34. The van der Waals surface area contributed by atoms with Crippen LogP contribution < -0.4 is 0 Å². The standard InChI is InChI=1S/C24H25NO2Si/c1-28(2,3)18-16-22(23-15-10-17-27-23)25(19-20-11-6-4-7-12-20)24(26)21-13-8-5-9-14-21/h4-15,17,22H,19H2,1-3H3. The Morgan fingerprint density at radius 1 is 0.964 bits per heavy atom. The lowest BCUT2D eigenvalue weighted by molar-refractivity contribution is 0.0687. The van der Waals surface area contributed by atoms with Crippen LogP contribution in [-0.4, -0.2) is 18.9 Å². The molecule has 1 amide bonds. The van der Waals surface area contributed by atoms with E-state index in [1.165, 1.54) is 0 Å². The first-order chi connectivity index (χ1) is 13.4. The highest BCUT2D eigenvalue weighted by atomic mass is 28.3. The molecule has 0 bridgehead atoms. The third-order valence-electron chi connectivity index (χ3n) is 4.19. The van der Waals surface area contributed by atoms with Crippen LogP contribution in [0, 0.1) is 11.5 Å². The highest BCUT2D eigenvalue weighted by Crippen LogP contribution is 2.25. The maximum atomic E-state index is 13.4. The van der Waals surface area contributed by atoms with Gasteiger partial charge in [-0.2, -0.15) is 0 Å². The van der Waals surface area contributed by atoms with Crippen LogP contribution in [0.2, 0.25) is 19.6 Å². The molecule has 3 rings (SSSR count). The number of benzene rings is 2. The van der Waals surface area contributed by atoms with Crippen LogP contribution in [0.5, 0.6) is 0 Å². The molecule has 1 heterocycles. The topological polar surface area (TPSA) is 33.5 Å². The monoisotopic (exact) mass is 387 g/mol. The van der Waals surface area contributed by atoms with Crippen LogP contribution in [-0.2, 0) is 6.54 Å². The summed E-state index contributed by atoms with van der Waals surface area (Å²) in [5.41, 5.74) is 5.11. The molecule has 142 valence electrons. The number of hydrogen-bond acceptors (Lipinski definition) is 2. The lowest BCUT2D eigenvalue weighted by atomic mass is 10.1. The predicted molar refractivity (Wildman–Crippen MR) is 115 cm³/mol. The molecular formula is C24H25NO2Si. The number of carbonyl (C=O) groups is 1. The first-order valence-corrected chi connectivity index (χ1v) is 12.9. The molecule has 28 heavy (non-hydrogen) atoms. The Kier molecular flexibility index (Phi) is 6.18. The van der Waals surface area contributed by atoms with Gasteiger partial charge in [-0.1, -0.05) is 74.1 Å². The van der Waals surface area contributed by atoms with Crippen molar-refractivity contribution in [1.82, 2.24) is 4.90 Å². The van der Waals surface area contributed by atoms with Gasteiger partial charge >= 0.3 is 0 Å². The molecule has 1 atom stereocenters. The van der Waals surface area contributed by atoms with E-state index in [0.717, 1.165) is 5.56 Å². The van der Waals surface area contributed by atoms with Gasteiger partial charge in [-0.15, -0.1) is 5.54 Å². The van der Waals surface area contributed by atoms with Gasteiger partial charge in [0.2, 0.25) is 0 Å². The van der Waals surface area contributed by atoms with E-state index in [-0.39, 0.29) is 5.91 Å². The van der Waals surface area contributed by atoms with E-state index < -0.39 is 14.1 Å². The molecule has 3 nitrogen and oxygen atoms in total. The van der Waals surface area contributed by atoms with Crippen molar-refractivity contribution in [3.8, 4) is 11.5 Å². The van der Waals surface area contributed by atoms with Crippen molar-refractivity contribution in [2.75, 3.05) is 0 Å². The van der Waals surface area contributed by atoms with Gasteiger partial charge in [-0.25, -0.2) is 0 Å². The minimum Gasteiger partial charge on any atom is -0.466 e. The first kappa shape index (κ1) is 19.7. The fourth-order valence-electron chi connectivity index (χ4n) is 2.84. The van der Waals surface area contributed by atoms with Crippen LogP contribution in [0.15, 0.2) is 83.5 Å². The van der Waals surface area contributed by atoms with E-state index in [4.69, 9.17) is 4.42 Å². The second kappa shape index (κ2) is 8.77. The zero-order valence-electron chi connectivity index (χ0n) is 16.6. The Hall–Kier alpha value is -3.03. The van der Waals surface area contributed by atoms with Gasteiger partial charge in [0.1, 0.15) is 13.8 Å². The molecule has 0 N–H and O–H groups in total. The predicted octanol–water partition coefficient (Wildman–Crippen LogP) is 5.54. The smallest absolute Gasteiger partial charge is 0.255 e. The summed E-state index contributed by atoms with van der Waals surface area (Å²) in [7, 11) is -1.63. The van der Waals surface area contributed by atoms with Crippen molar-refractivity contribution in [3.05, 3.63) is 95.9 Å². The number of carbonyl (C=O) groups excluding carboxylic acids is 1. The largest absolute Gasteiger partial charge is 0.466 e. The molecule has 0 saturated carbocycles. The Morgan fingerprint density at radius 3 is 2.18 bits per heavy atom. The fraction of sp³-hybridized carbons (Fsp3) is 0.208. The van der Waals surface area contributed by atoms with Crippen LogP contribution in [0.25, 0.3) is 0 Å². The molecule has 0 radical (unpaired) electrons. The van der Waals surface area contributed by atoms with Crippen LogP contribution in [0.4, 0.5) is 0 Å². The number of rotatable bonds is 5. The molecule has 1 aromatic heterocycles. The Balaban J connectivity index is 2.05. The van der Waals surface area contributed by atoms with E-state index in [1.807, 2.05) is 72.8 Å². The Bertz CT molecular complexity index is 949. The van der Waals surface area contributed by atoms with Crippen molar-refractivity contribution in [2.24, 2.45) is 0 Å². The van der Waals surface area contributed by atoms with E-state index in [9.17, 15) is 4.79 Å². The fourth-order valence-corrected chi connectivity index (χ4v) is 3.41. The molecule has 0 saturated heterocycles. The molecule has 0 fully saturated rings. The van der Waals surface area contributed by atoms with Gasteiger partial charge in [-0.3, -0.25) is 4.79 Å². The molecular weight excluding hydrogens is 362 g/mol. The van der Waals surface area contributed by atoms with Crippen LogP contribution >= 0.6 is 0 Å². The number of furan rings is 1. The lowest BCUT2D eigenvalue weighted by Gasteiger charge is -2.28. The summed E-state index contributed by atoms with van der Waals surface area (Å²) in [6.07, 6.45) is 1.63. The second-order valence-electron chi connectivity index (χ2n) is 7.72. The van der Waals surface area contributed by atoms with Crippen molar-refractivity contribution in [2.45, 2.75) is 32.2 Å². The van der Waals surface area contributed by atoms with Gasteiger partial charge in [0.05, 0.1) is 6.26 Å². The van der Waals surface area contributed by atoms with Crippen molar-refractivity contribution >= 4 is 14.0 Å². The Morgan fingerprint density at radius 2 is 1.61 bits per heavy atom.